The summed E-state index contributed by atoms with van der Waals surface area (Å²) in [6.45, 7) is 0. The summed E-state index contributed by atoms with van der Waals surface area (Å²) < 4.78 is 0. The quantitative estimate of drug-likeness (QED) is 0.558. The molecule has 0 aromatic rings. The molecule has 1 amide bonds. The first-order valence-corrected chi connectivity index (χ1v) is 4.33. The highest BCUT2D eigenvalue weighted by Gasteiger charge is 2.37. The SMILES string of the molecule is NC(=O)[C@H]1NC2CCC1CC2. The highest BCUT2D eigenvalue weighted by molar-refractivity contribution is 5.80. The number of nitrogens with two attached hydrogens (primary N) is 1. The first kappa shape index (κ1) is 7.10. The predicted octanol–water partition coefficient (Wildman–Crippen LogP) is 0.00230. The Balaban J connectivity index is 2.08. The molecule has 1 aliphatic carbocycles. The molecule has 11 heavy (non-hydrogen) atoms. The number of rotatable bonds is 1. The fourth-order valence-corrected chi connectivity index (χ4v) is 2.32. The van der Waals surface area contributed by atoms with Crippen molar-refractivity contribution >= 4 is 5.91 Å². The first-order chi connectivity index (χ1) is 5.27. The molecule has 3 rings (SSSR count). The van der Waals surface area contributed by atoms with Gasteiger partial charge in [0.1, 0.15) is 0 Å². The molecule has 3 nitrogen and oxygen atoms in total. The average Bonchev–Trinajstić information content (AvgIpc) is 2.06. The summed E-state index contributed by atoms with van der Waals surface area (Å²) in [6, 6.07) is 0.542. The van der Waals surface area contributed by atoms with Gasteiger partial charge in [-0.2, -0.15) is 0 Å². The summed E-state index contributed by atoms with van der Waals surface area (Å²) in [5.74, 6) is 0.358. The van der Waals surface area contributed by atoms with Crippen molar-refractivity contribution in [3.05, 3.63) is 0 Å². The molecule has 2 bridgehead atoms. The van der Waals surface area contributed by atoms with Crippen molar-refractivity contribution < 1.29 is 4.79 Å². The third-order valence-corrected chi connectivity index (χ3v) is 2.97. The van der Waals surface area contributed by atoms with Crippen molar-refractivity contribution in [2.75, 3.05) is 0 Å². The molecule has 2 heterocycles. The minimum atomic E-state index is -0.167. The van der Waals surface area contributed by atoms with Gasteiger partial charge in [-0.15, -0.1) is 0 Å². The highest BCUT2D eigenvalue weighted by atomic mass is 16.1. The Morgan fingerprint density at radius 3 is 2.18 bits per heavy atom. The summed E-state index contributed by atoms with van der Waals surface area (Å²) in [6.07, 6.45) is 4.83. The average molecular weight is 154 g/mol. The number of piperidine rings is 2. The molecule has 0 radical (unpaired) electrons. The third kappa shape index (κ3) is 1.13. The fraction of sp³-hybridized carbons (Fsp3) is 0.875. The molecule has 2 saturated heterocycles. The lowest BCUT2D eigenvalue weighted by molar-refractivity contribution is -0.123. The first-order valence-electron chi connectivity index (χ1n) is 4.33. The van der Waals surface area contributed by atoms with Crippen LogP contribution in [0.2, 0.25) is 0 Å². The summed E-state index contributed by atoms with van der Waals surface area (Å²) >= 11 is 0. The zero-order valence-corrected chi connectivity index (χ0v) is 6.55. The standard InChI is InChI=1S/C8H14N2O/c9-8(11)7-5-1-3-6(10-7)4-2-5/h5-7,10H,1-4H2,(H2,9,11)/t5?,6?,7-/m0/s1. The molecular weight excluding hydrogens is 140 g/mol. The zero-order valence-electron chi connectivity index (χ0n) is 6.55. The van der Waals surface area contributed by atoms with Gasteiger partial charge in [0.05, 0.1) is 6.04 Å². The van der Waals surface area contributed by atoms with Gasteiger partial charge in [0.25, 0.3) is 0 Å². The maximum Gasteiger partial charge on any atom is 0.234 e. The van der Waals surface area contributed by atoms with Gasteiger partial charge in [-0.1, -0.05) is 0 Å². The third-order valence-electron chi connectivity index (χ3n) is 2.97. The zero-order chi connectivity index (χ0) is 7.84. The number of primary amides is 1. The van der Waals surface area contributed by atoms with Crippen molar-refractivity contribution in [3.8, 4) is 0 Å². The van der Waals surface area contributed by atoms with Gasteiger partial charge in [0, 0.05) is 6.04 Å². The van der Waals surface area contributed by atoms with Crippen molar-refractivity contribution in [2.24, 2.45) is 11.7 Å². The Labute approximate surface area is 66.3 Å². The van der Waals surface area contributed by atoms with Crippen LogP contribution in [-0.4, -0.2) is 18.0 Å². The molecule has 2 aliphatic heterocycles. The van der Waals surface area contributed by atoms with Crippen LogP contribution in [0.15, 0.2) is 0 Å². The van der Waals surface area contributed by atoms with E-state index in [1.54, 1.807) is 0 Å². The lowest BCUT2D eigenvalue weighted by Crippen LogP contribution is -2.57. The Kier molecular flexibility index (Phi) is 1.60. The van der Waals surface area contributed by atoms with Crippen LogP contribution in [0.1, 0.15) is 25.7 Å². The molecule has 3 N–H and O–H groups in total. The van der Waals surface area contributed by atoms with Crippen LogP contribution >= 0.6 is 0 Å². The van der Waals surface area contributed by atoms with Gasteiger partial charge < -0.3 is 11.1 Å². The van der Waals surface area contributed by atoms with Crippen LogP contribution in [0.5, 0.6) is 0 Å². The Morgan fingerprint density at radius 1 is 1.27 bits per heavy atom. The van der Waals surface area contributed by atoms with Crippen molar-refractivity contribution in [1.29, 1.82) is 0 Å². The molecule has 3 aliphatic rings. The summed E-state index contributed by atoms with van der Waals surface area (Å²) in [5, 5.41) is 3.28. The van der Waals surface area contributed by atoms with E-state index >= 15 is 0 Å². The van der Waals surface area contributed by atoms with Crippen LogP contribution in [0.4, 0.5) is 0 Å². The van der Waals surface area contributed by atoms with Gasteiger partial charge in [-0.05, 0) is 31.6 Å². The van der Waals surface area contributed by atoms with Gasteiger partial charge >= 0.3 is 0 Å². The van der Waals surface area contributed by atoms with Crippen molar-refractivity contribution in [1.82, 2.24) is 5.32 Å². The lowest BCUT2D eigenvalue weighted by atomic mass is 9.76. The van der Waals surface area contributed by atoms with E-state index in [0.29, 0.717) is 12.0 Å². The highest BCUT2D eigenvalue weighted by Crippen LogP contribution is 2.32. The smallest absolute Gasteiger partial charge is 0.234 e. The molecular formula is C8H14N2O. The molecule has 0 aromatic heterocycles. The number of nitrogens with one attached hydrogen (secondary N) is 1. The van der Waals surface area contributed by atoms with E-state index < -0.39 is 0 Å². The van der Waals surface area contributed by atoms with Gasteiger partial charge in [-0.3, -0.25) is 4.79 Å². The van der Waals surface area contributed by atoms with E-state index in [1.807, 2.05) is 0 Å². The second-order valence-electron chi connectivity index (χ2n) is 3.66. The molecule has 1 atom stereocenters. The van der Waals surface area contributed by atoms with E-state index in [-0.39, 0.29) is 11.9 Å². The van der Waals surface area contributed by atoms with Crippen molar-refractivity contribution in [2.45, 2.75) is 37.8 Å². The fourth-order valence-electron chi connectivity index (χ4n) is 2.32. The van der Waals surface area contributed by atoms with Crippen molar-refractivity contribution in [3.63, 3.8) is 0 Å². The Morgan fingerprint density at radius 2 is 1.91 bits per heavy atom. The largest absolute Gasteiger partial charge is 0.368 e. The van der Waals surface area contributed by atoms with Crippen LogP contribution in [-0.2, 0) is 4.79 Å². The molecule has 1 saturated carbocycles. The number of hydrogen-bond donors (Lipinski definition) is 2. The predicted molar refractivity (Wildman–Crippen MR) is 41.9 cm³/mol. The molecule has 0 aromatic carbocycles. The topological polar surface area (TPSA) is 55.1 Å². The minimum absolute atomic E-state index is 0.0255. The second kappa shape index (κ2) is 2.48. The van der Waals surface area contributed by atoms with E-state index in [1.165, 1.54) is 25.7 Å². The maximum atomic E-state index is 10.9. The van der Waals surface area contributed by atoms with E-state index in [4.69, 9.17) is 5.73 Å². The van der Waals surface area contributed by atoms with Gasteiger partial charge in [0.15, 0.2) is 0 Å². The number of carbonyl (C=O) groups is 1. The maximum absolute atomic E-state index is 10.9. The van der Waals surface area contributed by atoms with Crippen LogP contribution in [0.3, 0.4) is 0 Å². The van der Waals surface area contributed by atoms with Gasteiger partial charge in [-0.25, -0.2) is 0 Å². The normalized spacial score (nSPS) is 42.4. The Bertz CT molecular complexity index is 173. The van der Waals surface area contributed by atoms with Crippen LogP contribution < -0.4 is 11.1 Å². The molecule has 0 spiro atoms. The Hall–Kier alpha value is -0.570. The van der Waals surface area contributed by atoms with Gasteiger partial charge in [0.2, 0.25) is 5.91 Å². The summed E-state index contributed by atoms with van der Waals surface area (Å²) in [4.78, 5) is 10.9. The molecule has 3 fully saturated rings. The number of hydrogen-bond acceptors (Lipinski definition) is 2. The second-order valence-corrected chi connectivity index (χ2v) is 3.66. The van der Waals surface area contributed by atoms with E-state index in [9.17, 15) is 4.79 Å². The molecule has 0 unspecified atom stereocenters. The van der Waals surface area contributed by atoms with Crippen LogP contribution in [0.25, 0.3) is 0 Å². The lowest BCUT2D eigenvalue weighted by Gasteiger charge is -2.41. The molecule has 3 heteroatoms. The van der Waals surface area contributed by atoms with E-state index in [2.05, 4.69) is 5.32 Å². The van der Waals surface area contributed by atoms with Crippen LogP contribution in [0, 0.1) is 5.92 Å². The summed E-state index contributed by atoms with van der Waals surface area (Å²) in [7, 11) is 0. The number of carbonyl (C=O) groups excluding carboxylic acids is 1. The van der Waals surface area contributed by atoms with E-state index in [0.717, 1.165) is 0 Å². The minimum Gasteiger partial charge on any atom is -0.368 e. The molecule has 62 valence electrons. The monoisotopic (exact) mass is 154 g/mol. The number of fused-ring (bicyclic) bond motifs is 3. The summed E-state index contributed by atoms with van der Waals surface area (Å²) in [5.41, 5.74) is 5.25. The number of amides is 1.